The maximum absolute atomic E-state index is 4.01. The maximum Gasteiger partial charge on any atom is 0.0458 e. The van der Waals surface area contributed by atoms with Gasteiger partial charge in [0, 0.05) is 11.4 Å². The minimum Gasteiger partial charge on any atom is -0.355 e. The Morgan fingerprint density at radius 3 is 2.86 bits per heavy atom. The maximum atomic E-state index is 4.01. The Kier molecular flexibility index (Phi) is 2.16. The van der Waals surface area contributed by atoms with Crippen molar-refractivity contribution in [3.05, 3.63) is 47.2 Å². The molecule has 72 valence electrons. The molecule has 0 saturated carbocycles. The third-order valence-electron chi connectivity index (χ3n) is 2.59. The number of benzene rings is 1. The van der Waals surface area contributed by atoms with Crippen LogP contribution in [0.5, 0.6) is 0 Å². The van der Waals surface area contributed by atoms with Crippen molar-refractivity contribution in [2.24, 2.45) is 0 Å². The molecule has 1 N–H and O–H groups in total. The molecule has 2 rings (SSSR count). The standard InChI is InChI=1S/C13H15N/c1-4-11-8-12-7-9(2)5-6-13(12)14-10(11)3/h5-8,14H,3-4H2,1-2H3. The van der Waals surface area contributed by atoms with E-state index in [4.69, 9.17) is 0 Å². The molecule has 0 spiro atoms. The molecule has 1 aromatic carbocycles. The van der Waals surface area contributed by atoms with E-state index in [-0.39, 0.29) is 0 Å². The molecular weight excluding hydrogens is 170 g/mol. The number of aryl methyl sites for hydroxylation is 1. The summed E-state index contributed by atoms with van der Waals surface area (Å²) in [6.45, 7) is 8.27. The smallest absolute Gasteiger partial charge is 0.0458 e. The number of anilines is 1. The third kappa shape index (κ3) is 1.46. The molecule has 14 heavy (non-hydrogen) atoms. The zero-order chi connectivity index (χ0) is 10.1. The fraction of sp³-hybridized carbons (Fsp3) is 0.231. The summed E-state index contributed by atoms with van der Waals surface area (Å²) in [6, 6.07) is 6.42. The minimum atomic E-state index is 1.03. The number of nitrogens with one attached hydrogen (secondary N) is 1. The Hall–Kier alpha value is -1.50. The molecule has 1 aromatic rings. The van der Waals surface area contributed by atoms with Gasteiger partial charge < -0.3 is 5.32 Å². The van der Waals surface area contributed by atoms with Gasteiger partial charge in [0.25, 0.3) is 0 Å². The monoisotopic (exact) mass is 185 g/mol. The van der Waals surface area contributed by atoms with Gasteiger partial charge in [-0.05, 0) is 42.7 Å². The van der Waals surface area contributed by atoms with Crippen molar-refractivity contribution in [3.63, 3.8) is 0 Å². The van der Waals surface area contributed by atoms with Gasteiger partial charge in [0.05, 0.1) is 0 Å². The van der Waals surface area contributed by atoms with Gasteiger partial charge in [0.1, 0.15) is 0 Å². The first-order chi connectivity index (χ1) is 6.70. The number of allylic oxidation sites excluding steroid dienone is 1. The summed E-state index contributed by atoms with van der Waals surface area (Å²) < 4.78 is 0. The van der Waals surface area contributed by atoms with Crippen molar-refractivity contribution >= 4 is 11.8 Å². The van der Waals surface area contributed by atoms with E-state index in [1.807, 2.05) is 0 Å². The number of rotatable bonds is 1. The molecule has 0 saturated heterocycles. The number of fused-ring (bicyclic) bond motifs is 1. The van der Waals surface area contributed by atoms with Crippen molar-refractivity contribution in [2.75, 3.05) is 5.32 Å². The van der Waals surface area contributed by atoms with Crippen LogP contribution < -0.4 is 5.32 Å². The average Bonchev–Trinajstić information content (AvgIpc) is 2.17. The molecule has 1 aliphatic heterocycles. The van der Waals surface area contributed by atoms with Gasteiger partial charge in [-0.3, -0.25) is 0 Å². The lowest BCUT2D eigenvalue weighted by Gasteiger charge is -2.20. The van der Waals surface area contributed by atoms with Gasteiger partial charge in [-0.15, -0.1) is 0 Å². The summed E-state index contributed by atoms with van der Waals surface area (Å²) in [5, 5.41) is 3.33. The Morgan fingerprint density at radius 2 is 2.14 bits per heavy atom. The molecule has 0 fully saturated rings. The SMILES string of the molecule is C=C1Nc2ccc(C)cc2C=C1CC. The first-order valence-corrected chi connectivity index (χ1v) is 4.98. The van der Waals surface area contributed by atoms with Crippen molar-refractivity contribution in [2.45, 2.75) is 20.3 Å². The van der Waals surface area contributed by atoms with Gasteiger partial charge in [-0.1, -0.05) is 25.1 Å². The Balaban J connectivity index is 2.52. The van der Waals surface area contributed by atoms with E-state index >= 15 is 0 Å². The molecule has 1 heterocycles. The molecule has 0 aromatic heterocycles. The summed E-state index contributed by atoms with van der Waals surface area (Å²) in [6.07, 6.45) is 3.25. The van der Waals surface area contributed by atoms with E-state index < -0.39 is 0 Å². The van der Waals surface area contributed by atoms with Gasteiger partial charge in [-0.2, -0.15) is 0 Å². The van der Waals surface area contributed by atoms with E-state index in [0.717, 1.165) is 17.8 Å². The molecule has 0 radical (unpaired) electrons. The zero-order valence-electron chi connectivity index (χ0n) is 8.72. The summed E-state index contributed by atoms with van der Waals surface area (Å²) in [4.78, 5) is 0. The predicted octanol–water partition coefficient (Wildman–Crippen LogP) is 3.73. The lowest BCUT2D eigenvalue weighted by Crippen LogP contribution is -2.07. The van der Waals surface area contributed by atoms with Crippen molar-refractivity contribution < 1.29 is 0 Å². The molecule has 1 nitrogen and oxygen atoms in total. The van der Waals surface area contributed by atoms with E-state index in [1.54, 1.807) is 0 Å². The van der Waals surface area contributed by atoms with Crippen LogP contribution in [-0.4, -0.2) is 0 Å². The molecule has 1 aliphatic rings. The average molecular weight is 185 g/mol. The van der Waals surface area contributed by atoms with Crippen LogP contribution in [-0.2, 0) is 0 Å². The first-order valence-electron chi connectivity index (χ1n) is 4.98. The molecule has 0 amide bonds. The summed E-state index contributed by atoms with van der Waals surface area (Å²) in [7, 11) is 0. The fourth-order valence-corrected chi connectivity index (χ4v) is 1.75. The molecule has 0 aliphatic carbocycles. The fourth-order valence-electron chi connectivity index (χ4n) is 1.75. The normalized spacial score (nSPS) is 14.4. The number of hydrogen-bond donors (Lipinski definition) is 1. The van der Waals surface area contributed by atoms with Crippen molar-refractivity contribution in [1.29, 1.82) is 0 Å². The Bertz CT molecular complexity index is 413. The van der Waals surface area contributed by atoms with Crippen LogP contribution in [0.3, 0.4) is 0 Å². The van der Waals surface area contributed by atoms with Crippen LogP contribution >= 0.6 is 0 Å². The van der Waals surface area contributed by atoms with E-state index in [0.29, 0.717) is 0 Å². The molecular formula is C13H15N. The van der Waals surface area contributed by atoms with Crippen LogP contribution in [0.25, 0.3) is 6.08 Å². The molecule has 0 atom stereocenters. The van der Waals surface area contributed by atoms with Crippen LogP contribution in [0.1, 0.15) is 24.5 Å². The van der Waals surface area contributed by atoms with Crippen molar-refractivity contribution in [1.82, 2.24) is 0 Å². The van der Waals surface area contributed by atoms with Gasteiger partial charge >= 0.3 is 0 Å². The lowest BCUT2D eigenvalue weighted by atomic mass is 9.99. The second kappa shape index (κ2) is 3.33. The van der Waals surface area contributed by atoms with Crippen molar-refractivity contribution in [3.8, 4) is 0 Å². The lowest BCUT2D eigenvalue weighted by molar-refractivity contribution is 1.11. The molecule has 0 unspecified atom stereocenters. The highest BCUT2D eigenvalue weighted by Crippen LogP contribution is 2.30. The Morgan fingerprint density at radius 1 is 1.36 bits per heavy atom. The number of hydrogen-bond acceptors (Lipinski definition) is 1. The van der Waals surface area contributed by atoms with E-state index in [2.05, 4.69) is 50.0 Å². The van der Waals surface area contributed by atoms with E-state index in [9.17, 15) is 0 Å². The largest absolute Gasteiger partial charge is 0.355 e. The highest BCUT2D eigenvalue weighted by atomic mass is 14.9. The quantitative estimate of drug-likeness (QED) is 0.703. The Labute approximate surface area is 85.2 Å². The highest BCUT2D eigenvalue weighted by Gasteiger charge is 2.11. The van der Waals surface area contributed by atoms with Gasteiger partial charge in [0.15, 0.2) is 0 Å². The predicted molar refractivity (Wildman–Crippen MR) is 62.2 cm³/mol. The topological polar surface area (TPSA) is 12.0 Å². The zero-order valence-corrected chi connectivity index (χ0v) is 8.72. The highest BCUT2D eigenvalue weighted by molar-refractivity contribution is 5.77. The third-order valence-corrected chi connectivity index (χ3v) is 2.59. The summed E-state index contributed by atoms with van der Waals surface area (Å²) in [5.74, 6) is 0. The van der Waals surface area contributed by atoms with Crippen LogP contribution in [0.4, 0.5) is 5.69 Å². The second-order valence-corrected chi connectivity index (χ2v) is 3.72. The van der Waals surface area contributed by atoms with Crippen LogP contribution in [0.2, 0.25) is 0 Å². The van der Waals surface area contributed by atoms with Crippen LogP contribution in [0, 0.1) is 6.92 Å². The minimum absolute atomic E-state index is 1.03. The van der Waals surface area contributed by atoms with Gasteiger partial charge in [0.2, 0.25) is 0 Å². The first kappa shape index (κ1) is 9.07. The second-order valence-electron chi connectivity index (χ2n) is 3.72. The summed E-state index contributed by atoms with van der Waals surface area (Å²) in [5.41, 5.74) is 6.06. The summed E-state index contributed by atoms with van der Waals surface area (Å²) >= 11 is 0. The van der Waals surface area contributed by atoms with Gasteiger partial charge in [-0.25, -0.2) is 0 Å². The molecule has 1 heteroatoms. The molecule has 0 bridgehead atoms. The van der Waals surface area contributed by atoms with Crippen LogP contribution in [0.15, 0.2) is 36.0 Å². The van der Waals surface area contributed by atoms with E-state index in [1.165, 1.54) is 16.7 Å².